The number of nitrogens with two attached hydrogens (primary N) is 1. The van der Waals surface area contributed by atoms with Gasteiger partial charge < -0.3 is 15.9 Å². The number of anilines is 1. The molecule has 1 aliphatic heterocycles. The lowest BCUT2D eigenvalue weighted by Crippen LogP contribution is -2.64. The summed E-state index contributed by atoms with van der Waals surface area (Å²) in [6.07, 6.45) is -5.08. The van der Waals surface area contributed by atoms with E-state index >= 15 is 0 Å². The number of nitrogen functional groups attached to an aromatic ring is 1. The van der Waals surface area contributed by atoms with Gasteiger partial charge in [0.15, 0.2) is 0 Å². The Balaban J connectivity index is 0.000000381. The largest absolute Gasteiger partial charge is 0.490 e. The summed E-state index contributed by atoms with van der Waals surface area (Å²) in [6.45, 7) is -1.34. The average molecular weight is 388 g/mol. The molecule has 1 aromatic rings. The van der Waals surface area contributed by atoms with Crippen LogP contribution in [0.15, 0.2) is 29.2 Å². The maximum Gasteiger partial charge on any atom is 0.490 e. The Labute approximate surface area is 138 Å². The van der Waals surface area contributed by atoms with Gasteiger partial charge in [0.25, 0.3) is 0 Å². The molecule has 25 heavy (non-hydrogen) atoms. The van der Waals surface area contributed by atoms with E-state index in [2.05, 4.69) is 0 Å². The van der Waals surface area contributed by atoms with Crippen molar-refractivity contribution in [1.82, 2.24) is 4.31 Å². The van der Waals surface area contributed by atoms with E-state index in [1.807, 2.05) is 0 Å². The van der Waals surface area contributed by atoms with Crippen LogP contribution < -0.4 is 5.73 Å². The van der Waals surface area contributed by atoms with Gasteiger partial charge in [0, 0.05) is 5.69 Å². The molecule has 1 fully saturated rings. The second-order valence-corrected chi connectivity index (χ2v) is 6.85. The third kappa shape index (κ3) is 4.79. The number of aliphatic carboxylic acids is 2. The topological polar surface area (TPSA) is 138 Å². The summed E-state index contributed by atoms with van der Waals surface area (Å²) < 4.78 is 69.9. The Morgan fingerprint density at radius 2 is 1.52 bits per heavy atom. The Hall–Kier alpha value is -2.41. The number of hydrogen-bond donors (Lipinski definition) is 3. The second-order valence-electron chi connectivity index (χ2n) is 4.92. The van der Waals surface area contributed by atoms with Gasteiger partial charge in [-0.3, -0.25) is 0 Å². The Morgan fingerprint density at radius 3 is 1.84 bits per heavy atom. The van der Waals surface area contributed by atoms with E-state index < -0.39 is 46.9 Å². The zero-order valence-electron chi connectivity index (χ0n) is 12.2. The number of benzene rings is 1. The highest BCUT2D eigenvalue weighted by atomic mass is 32.2. The zero-order valence-corrected chi connectivity index (χ0v) is 13.0. The van der Waals surface area contributed by atoms with Gasteiger partial charge in [0.2, 0.25) is 15.7 Å². The normalized spacial score (nSPS) is 17.0. The summed E-state index contributed by atoms with van der Waals surface area (Å²) in [5.74, 6) is -4.40. The molecule has 8 nitrogen and oxygen atoms in total. The predicted molar refractivity (Wildman–Crippen MR) is 74.8 cm³/mol. The van der Waals surface area contributed by atoms with E-state index in [0.717, 1.165) is 4.31 Å². The smallest absolute Gasteiger partial charge is 0.479 e. The van der Waals surface area contributed by atoms with Crippen LogP contribution >= 0.6 is 0 Å². The van der Waals surface area contributed by atoms with Gasteiger partial charge in [-0.2, -0.15) is 17.5 Å². The van der Waals surface area contributed by atoms with Crippen molar-refractivity contribution in [2.24, 2.45) is 0 Å². The standard InChI is InChI=1S/C10H11FN2O4S.C2HF3O2/c11-10(9(14)15)5-13(6-10)18(16,17)8-3-1-7(12)2-4-8;3-2(4,5)1(6)7/h1-4H,5-6,12H2,(H,14,15);(H,6,7). The van der Waals surface area contributed by atoms with Gasteiger partial charge in [0.05, 0.1) is 18.0 Å². The molecule has 0 unspecified atom stereocenters. The van der Waals surface area contributed by atoms with Crippen molar-refractivity contribution in [3.05, 3.63) is 24.3 Å². The van der Waals surface area contributed by atoms with E-state index in [4.69, 9.17) is 20.7 Å². The zero-order chi connectivity index (χ0) is 19.6. The van der Waals surface area contributed by atoms with E-state index in [1.54, 1.807) is 0 Å². The van der Waals surface area contributed by atoms with E-state index in [1.165, 1.54) is 24.3 Å². The summed E-state index contributed by atoms with van der Waals surface area (Å²) in [7, 11) is -3.85. The number of carboxylic acids is 2. The van der Waals surface area contributed by atoms with Crippen LogP contribution in [0.4, 0.5) is 23.2 Å². The molecule has 2 rings (SSSR count). The first-order valence-electron chi connectivity index (χ1n) is 6.28. The maximum absolute atomic E-state index is 13.5. The van der Waals surface area contributed by atoms with E-state index in [0.29, 0.717) is 5.69 Å². The number of hydrogen-bond acceptors (Lipinski definition) is 5. The summed E-state index contributed by atoms with van der Waals surface area (Å²) in [6, 6.07) is 5.41. The van der Waals surface area contributed by atoms with Crippen LogP contribution in [0.1, 0.15) is 0 Å². The van der Waals surface area contributed by atoms with Crippen LogP contribution in [0.3, 0.4) is 0 Å². The molecule has 13 heteroatoms. The van der Waals surface area contributed by atoms with Crippen molar-refractivity contribution in [2.45, 2.75) is 16.7 Å². The minimum Gasteiger partial charge on any atom is -0.479 e. The molecule has 0 atom stereocenters. The van der Waals surface area contributed by atoms with Crippen molar-refractivity contribution in [3.8, 4) is 0 Å². The van der Waals surface area contributed by atoms with Crippen LogP contribution in [0.5, 0.6) is 0 Å². The molecule has 4 N–H and O–H groups in total. The van der Waals surface area contributed by atoms with Crippen LogP contribution in [-0.2, 0) is 19.6 Å². The van der Waals surface area contributed by atoms with Gasteiger partial charge >= 0.3 is 18.1 Å². The highest BCUT2D eigenvalue weighted by Gasteiger charge is 2.54. The highest BCUT2D eigenvalue weighted by Crippen LogP contribution is 2.31. The lowest BCUT2D eigenvalue weighted by atomic mass is 10.0. The molecule has 0 aromatic heterocycles. The minimum absolute atomic E-state index is 0.0378. The van der Waals surface area contributed by atoms with Crippen LogP contribution in [0.25, 0.3) is 0 Å². The van der Waals surface area contributed by atoms with Crippen LogP contribution in [-0.4, -0.2) is 59.8 Å². The quantitative estimate of drug-likeness (QED) is 0.512. The molecular formula is C12H12F4N2O6S. The third-order valence-corrected chi connectivity index (χ3v) is 4.80. The van der Waals surface area contributed by atoms with Gasteiger partial charge in [-0.15, -0.1) is 0 Å². The molecule has 1 aromatic carbocycles. The molecule has 0 spiro atoms. The summed E-state index contributed by atoms with van der Waals surface area (Å²) in [5.41, 5.74) is 3.35. The predicted octanol–water partition coefficient (Wildman–Crippen LogP) is 0.699. The van der Waals surface area contributed by atoms with Gasteiger partial charge in [-0.25, -0.2) is 22.4 Å². The Morgan fingerprint density at radius 1 is 1.12 bits per heavy atom. The average Bonchev–Trinajstić information content (AvgIpc) is 2.43. The van der Waals surface area contributed by atoms with Crippen molar-refractivity contribution < 1.29 is 45.8 Å². The molecule has 1 aliphatic rings. The molecule has 0 radical (unpaired) electrons. The number of halogens is 4. The van der Waals surface area contributed by atoms with Crippen LogP contribution in [0.2, 0.25) is 0 Å². The Bertz CT molecular complexity index is 757. The van der Waals surface area contributed by atoms with E-state index in [-0.39, 0.29) is 4.90 Å². The molecule has 0 amide bonds. The fourth-order valence-electron chi connectivity index (χ4n) is 1.61. The van der Waals surface area contributed by atoms with Crippen molar-refractivity contribution in [1.29, 1.82) is 0 Å². The first kappa shape index (κ1) is 20.6. The molecule has 1 saturated heterocycles. The number of nitrogens with zero attached hydrogens (tertiary/aromatic N) is 1. The molecule has 0 bridgehead atoms. The van der Waals surface area contributed by atoms with Gasteiger partial charge in [-0.05, 0) is 24.3 Å². The molecule has 140 valence electrons. The number of sulfonamides is 1. The van der Waals surface area contributed by atoms with Gasteiger partial charge in [0.1, 0.15) is 0 Å². The lowest BCUT2D eigenvalue weighted by Gasteiger charge is -2.40. The van der Waals surface area contributed by atoms with E-state index in [9.17, 15) is 30.8 Å². The summed E-state index contributed by atoms with van der Waals surface area (Å²) in [5, 5.41) is 15.7. The molecule has 0 saturated carbocycles. The molecule has 1 heterocycles. The molecular weight excluding hydrogens is 376 g/mol. The number of rotatable bonds is 3. The lowest BCUT2D eigenvalue weighted by molar-refractivity contribution is -0.192. The maximum atomic E-state index is 13.5. The number of carbonyl (C=O) groups is 2. The SMILES string of the molecule is Nc1ccc(S(=O)(=O)N2CC(F)(C(=O)O)C2)cc1.O=C(O)C(F)(F)F. The first-order valence-corrected chi connectivity index (χ1v) is 7.72. The first-order chi connectivity index (χ1) is 11.2. The number of alkyl halides is 4. The third-order valence-electron chi connectivity index (χ3n) is 3.00. The number of carboxylic acid groups (broad SMARTS) is 2. The molecule has 0 aliphatic carbocycles. The van der Waals surface area contributed by atoms with Crippen molar-refractivity contribution >= 4 is 27.6 Å². The fourth-order valence-corrected chi connectivity index (χ4v) is 3.13. The van der Waals surface area contributed by atoms with Crippen molar-refractivity contribution in [2.75, 3.05) is 18.8 Å². The summed E-state index contributed by atoms with van der Waals surface area (Å²) in [4.78, 5) is 19.4. The van der Waals surface area contributed by atoms with Gasteiger partial charge in [-0.1, -0.05) is 0 Å². The highest BCUT2D eigenvalue weighted by molar-refractivity contribution is 7.89. The van der Waals surface area contributed by atoms with Crippen molar-refractivity contribution in [3.63, 3.8) is 0 Å². The second kappa shape index (κ2) is 6.84. The van der Waals surface area contributed by atoms with Crippen LogP contribution in [0, 0.1) is 0 Å². The fraction of sp³-hybridized carbons (Fsp3) is 0.333. The minimum atomic E-state index is -5.08. The summed E-state index contributed by atoms with van der Waals surface area (Å²) >= 11 is 0. The Kier molecular flexibility index (Phi) is 5.64. The monoisotopic (exact) mass is 388 g/mol.